The number of nitrogens with one attached hydrogen (secondary N) is 1. The minimum Gasteiger partial charge on any atom is -0.337 e. The zero-order valence-electron chi connectivity index (χ0n) is 11.2. The molecular weight excluding hydrogens is 273 g/mol. The van der Waals surface area contributed by atoms with E-state index in [1.54, 1.807) is 7.05 Å². The summed E-state index contributed by atoms with van der Waals surface area (Å²) in [5, 5.41) is 3.07. The lowest BCUT2D eigenvalue weighted by atomic mass is 10.2. The number of carbonyl (C=O) groups is 1. The van der Waals surface area contributed by atoms with Gasteiger partial charge in [0, 0.05) is 19.4 Å². The second-order valence-corrected chi connectivity index (χ2v) is 4.93. The van der Waals surface area contributed by atoms with E-state index >= 15 is 0 Å². The Kier molecular flexibility index (Phi) is 4.32. The highest BCUT2D eigenvalue weighted by molar-refractivity contribution is 5.81. The van der Waals surface area contributed by atoms with Crippen LogP contribution >= 0.6 is 0 Å². The number of halogens is 3. The third kappa shape index (κ3) is 3.72. The van der Waals surface area contributed by atoms with Crippen molar-refractivity contribution in [2.75, 3.05) is 13.6 Å². The Balaban J connectivity index is 1.99. The van der Waals surface area contributed by atoms with Gasteiger partial charge in [-0.1, -0.05) is 0 Å². The van der Waals surface area contributed by atoms with Gasteiger partial charge in [0.15, 0.2) is 0 Å². The number of likely N-dealkylation sites (N-methyl/N-ethyl adjacent to an activating group) is 1. The second-order valence-electron chi connectivity index (χ2n) is 4.93. The number of rotatable bonds is 4. The highest BCUT2D eigenvalue weighted by Gasteiger charge is 2.30. The lowest BCUT2D eigenvalue weighted by Gasteiger charge is -2.21. The van der Waals surface area contributed by atoms with Gasteiger partial charge in [-0.05, 0) is 19.4 Å². The summed E-state index contributed by atoms with van der Waals surface area (Å²) in [6.45, 7) is -0.223. The van der Waals surface area contributed by atoms with Crippen molar-refractivity contribution >= 4 is 5.91 Å². The van der Waals surface area contributed by atoms with Gasteiger partial charge < -0.3 is 14.8 Å². The lowest BCUT2D eigenvalue weighted by Crippen LogP contribution is -2.41. The van der Waals surface area contributed by atoms with Crippen LogP contribution in [0.3, 0.4) is 0 Å². The maximum Gasteiger partial charge on any atom is 0.406 e. The van der Waals surface area contributed by atoms with E-state index < -0.39 is 12.7 Å². The van der Waals surface area contributed by atoms with Crippen LogP contribution in [-0.2, 0) is 17.9 Å². The molecule has 1 aromatic rings. The third-order valence-corrected chi connectivity index (χ3v) is 3.26. The molecule has 5 nitrogen and oxygen atoms in total. The maximum absolute atomic E-state index is 12.4. The van der Waals surface area contributed by atoms with Crippen LogP contribution in [0.1, 0.15) is 18.7 Å². The van der Waals surface area contributed by atoms with Crippen molar-refractivity contribution in [3.63, 3.8) is 0 Å². The van der Waals surface area contributed by atoms with Gasteiger partial charge in [-0.3, -0.25) is 4.79 Å². The quantitative estimate of drug-likeness (QED) is 0.905. The molecule has 1 saturated heterocycles. The van der Waals surface area contributed by atoms with E-state index in [0.717, 1.165) is 24.0 Å². The number of hydrogen-bond donors (Lipinski definition) is 1. The van der Waals surface area contributed by atoms with E-state index in [2.05, 4.69) is 10.3 Å². The molecule has 1 unspecified atom stereocenters. The summed E-state index contributed by atoms with van der Waals surface area (Å²) in [4.78, 5) is 17.4. The first-order chi connectivity index (χ1) is 9.37. The number of carbonyl (C=O) groups excluding carboxylic acids is 1. The van der Waals surface area contributed by atoms with Crippen LogP contribution < -0.4 is 5.32 Å². The molecule has 1 amide bonds. The first-order valence-corrected chi connectivity index (χ1v) is 6.42. The predicted molar refractivity (Wildman–Crippen MR) is 65.8 cm³/mol. The molecule has 0 radical (unpaired) electrons. The van der Waals surface area contributed by atoms with Gasteiger partial charge in [0.25, 0.3) is 0 Å². The van der Waals surface area contributed by atoms with Crippen LogP contribution in [0.2, 0.25) is 0 Å². The topological polar surface area (TPSA) is 50.2 Å². The van der Waals surface area contributed by atoms with Crippen LogP contribution in [0.5, 0.6) is 0 Å². The molecular formula is C12H17F3N4O. The molecule has 1 fully saturated rings. The van der Waals surface area contributed by atoms with Crippen LogP contribution in [0.25, 0.3) is 0 Å². The van der Waals surface area contributed by atoms with Crippen molar-refractivity contribution in [2.24, 2.45) is 0 Å². The Labute approximate surface area is 114 Å². The largest absolute Gasteiger partial charge is 0.406 e. The van der Waals surface area contributed by atoms with Crippen LogP contribution in [0.4, 0.5) is 13.2 Å². The minimum atomic E-state index is -4.30. The van der Waals surface area contributed by atoms with Crippen molar-refractivity contribution in [2.45, 2.75) is 38.1 Å². The second kappa shape index (κ2) is 5.82. The summed E-state index contributed by atoms with van der Waals surface area (Å²) in [7, 11) is 1.58. The zero-order chi connectivity index (χ0) is 14.8. The Morgan fingerprint density at radius 3 is 2.95 bits per heavy atom. The molecule has 1 aromatic heterocycles. The Bertz CT molecular complexity index is 466. The summed E-state index contributed by atoms with van der Waals surface area (Å²) >= 11 is 0. The van der Waals surface area contributed by atoms with Gasteiger partial charge in [0.1, 0.15) is 12.4 Å². The number of hydrogen-bond acceptors (Lipinski definition) is 3. The number of amides is 1. The molecule has 2 heterocycles. The fourth-order valence-corrected chi connectivity index (χ4v) is 2.28. The summed E-state index contributed by atoms with van der Waals surface area (Å²) in [6.07, 6.45) is -0.0136. The highest BCUT2D eigenvalue weighted by Crippen LogP contribution is 2.19. The predicted octanol–water partition coefficient (Wildman–Crippen LogP) is 1.16. The van der Waals surface area contributed by atoms with E-state index in [9.17, 15) is 18.0 Å². The molecule has 1 aliphatic rings. The number of nitrogens with zero attached hydrogens (tertiary/aromatic N) is 3. The monoisotopic (exact) mass is 290 g/mol. The van der Waals surface area contributed by atoms with Gasteiger partial charge in [0.05, 0.1) is 12.6 Å². The number of aromatic nitrogens is 2. The number of imidazole rings is 1. The third-order valence-electron chi connectivity index (χ3n) is 3.26. The van der Waals surface area contributed by atoms with E-state index in [1.807, 2.05) is 0 Å². The van der Waals surface area contributed by atoms with Crippen molar-refractivity contribution in [1.29, 1.82) is 0 Å². The van der Waals surface area contributed by atoms with Gasteiger partial charge in [-0.25, -0.2) is 4.98 Å². The van der Waals surface area contributed by atoms with Crippen LogP contribution in [0, 0.1) is 0 Å². The lowest BCUT2D eigenvalue weighted by molar-refractivity contribution is -0.141. The molecule has 112 valence electrons. The Morgan fingerprint density at radius 1 is 1.60 bits per heavy atom. The average Bonchev–Trinajstić information content (AvgIpc) is 2.98. The molecule has 1 atom stereocenters. The van der Waals surface area contributed by atoms with Crippen molar-refractivity contribution in [3.05, 3.63) is 18.2 Å². The van der Waals surface area contributed by atoms with E-state index in [0.29, 0.717) is 0 Å². The fraction of sp³-hybridized carbons (Fsp3) is 0.667. The molecule has 0 bridgehead atoms. The molecule has 2 rings (SSSR count). The van der Waals surface area contributed by atoms with Gasteiger partial charge in [-0.15, -0.1) is 0 Å². The summed E-state index contributed by atoms with van der Waals surface area (Å²) in [5.74, 6) is 0.125. The van der Waals surface area contributed by atoms with Crippen LogP contribution in [-0.4, -0.2) is 46.2 Å². The summed E-state index contributed by atoms with van der Waals surface area (Å²) in [6, 6.07) is -0.231. The number of alkyl halides is 3. The first-order valence-electron chi connectivity index (χ1n) is 6.42. The Morgan fingerprint density at radius 2 is 2.35 bits per heavy atom. The molecule has 1 N–H and O–H groups in total. The highest BCUT2D eigenvalue weighted by atomic mass is 19.4. The fourth-order valence-electron chi connectivity index (χ4n) is 2.28. The van der Waals surface area contributed by atoms with E-state index in [-0.39, 0.29) is 24.3 Å². The summed E-state index contributed by atoms with van der Waals surface area (Å²) < 4.78 is 38.2. The van der Waals surface area contributed by atoms with E-state index in [1.165, 1.54) is 17.3 Å². The van der Waals surface area contributed by atoms with Crippen molar-refractivity contribution in [3.8, 4) is 0 Å². The van der Waals surface area contributed by atoms with Crippen molar-refractivity contribution < 1.29 is 18.0 Å². The van der Waals surface area contributed by atoms with Gasteiger partial charge in [-0.2, -0.15) is 13.2 Å². The molecule has 0 saturated carbocycles. The SMILES string of the molecule is CN(Cc1nccn1CC(F)(F)F)C(=O)C1CCCN1. The zero-order valence-corrected chi connectivity index (χ0v) is 11.2. The maximum atomic E-state index is 12.4. The summed E-state index contributed by atoms with van der Waals surface area (Å²) in [5.41, 5.74) is 0. The average molecular weight is 290 g/mol. The molecule has 8 heteroatoms. The molecule has 0 aromatic carbocycles. The minimum absolute atomic E-state index is 0.0695. The molecule has 0 aliphatic carbocycles. The molecule has 0 spiro atoms. The standard InChI is InChI=1S/C12H17F3N4O/c1-18(11(20)9-3-2-4-16-9)7-10-17-5-6-19(10)8-12(13,14)15/h5-6,9,16H,2-4,7-8H2,1H3. The van der Waals surface area contributed by atoms with Gasteiger partial charge >= 0.3 is 6.18 Å². The smallest absolute Gasteiger partial charge is 0.337 e. The first kappa shape index (κ1) is 14.8. The Hall–Kier alpha value is -1.57. The van der Waals surface area contributed by atoms with Crippen molar-refractivity contribution in [1.82, 2.24) is 19.8 Å². The van der Waals surface area contributed by atoms with Crippen LogP contribution in [0.15, 0.2) is 12.4 Å². The van der Waals surface area contributed by atoms with E-state index in [4.69, 9.17) is 0 Å². The molecule has 1 aliphatic heterocycles. The normalized spacial score (nSPS) is 19.3. The van der Waals surface area contributed by atoms with Gasteiger partial charge in [0.2, 0.25) is 5.91 Å². The molecule has 20 heavy (non-hydrogen) atoms.